The van der Waals surface area contributed by atoms with Crippen LogP contribution in [-0.4, -0.2) is 37.1 Å². The van der Waals surface area contributed by atoms with E-state index in [0.29, 0.717) is 18.7 Å². The smallest absolute Gasteiger partial charge is 0.254 e. The maximum atomic E-state index is 13.1. The molecule has 1 aliphatic rings. The molecule has 0 saturated heterocycles. The van der Waals surface area contributed by atoms with Crippen LogP contribution in [0.4, 0.5) is 0 Å². The fraction of sp³-hybridized carbons (Fsp3) is 0.217. The fourth-order valence-electron chi connectivity index (χ4n) is 4.07. The number of hydrogen-bond acceptors (Lipinski definition) is 4. The van der Waals surface area contributed by atoms with Gasteiger partial charge in [-0.05, 0) is 43.2 Å². The number of aromatic nitrogens is 4. The first-order chi connectivity index (χ1) is 14.5. The molecule has 150 valence electrons. The zero-order chi connectivity index (χ0) is 20.8. The number of rotatable bonds is 2. The Hall–Kier alpha value is -3.25. The molecule has 1 aliphatic heterocycles. The summed E-state index contributed by atoms with van der Waals surface area (Å²) in [6.45, 7) is 3.12. The van der Waals surface area contributed by atoms with E-state index in [2.05, 4.69) is 16.0 Å². The van der Waals surface area contributed by atoms with Gasteiger partial charge in [0, 0.05) is 47.7 Å². The van der Waals surface area contributed by atoms with Crippen molar-refractivity contribution in [1.82, 2.24) is 24.6 Å². The summed E-state index contributed by atoms with van der Waals surface area (Å²) in [5, 5.41) is 5.46. The van der Waals surface area contributed by atoms with Crippen LogP contribution in [0.25, 0.3) is 22.3 Å². The molecule has 0 N–H and O–H groups in total. The number of fused-ring (bicyclic) bond motifs is 2. The summed E-state index contributed by atoms with van der Waals surface area (Å²) in [5.74, 6) is -0.0150. The molecule has 3 heterocycles. The SMILES string of the molecule is Cc1ccc(-c2c3c(nn2C)CN(C(=O)c2ccc4nccnc4c2)CC3)cc1Cl. The third-order valence-electron chi connectivity index (χ3n) is 5.65. The van der Waals surface area contributed by atoms with E-state index >= 15 is 0 Å². The van der Waals surface area contributed by atoms with Crippen LogP contribution in [0, 0.1) is 6.92 Å². The number of amides is 1. The summed E-state index contributed by atoms with van der Waals surface area (Å²) >= 11 is 6.35. The minimum absolute atomic E-state index is 0.0150. The van der Waals surface area contributed by atoms with E-state index in [0.717, 1.165) is 45.0 Å². The molecule has 2 aromatic carbocycles. The minimum Gasteiger partial charge on any atom is -0.332 e. The highest BCUT2D eigenvalue weighted by atomic mass is 35.5. The van der Waals surface area contributed by atoms with Gasteiger partial charge in [-0.15, -0.1) is 0 Å². The predicted molar refractivity (Wildman–Crippen MR) is 116 cm³/mol. The molecule has 1 amide bonds. The topological polar surface area (TPSA) is 63.9 Å². The van der Waals surface area contributed by atoms with E-state index in [1.54, 1.807) is 18.5 Å². The summed E-state index contributed by atoms with van der Waals surface area (Å²) < 4.78 is 1.89. The predicted octanol–water partition coefficient (Wildman–Crippen LogP) is 4.19. The van der Waals surface area contributed by atoms with Crippen LogP contribution >= 0.6 is 11.6 Å². The number of aryl methyl sites for hydroxylation is 2. The van der Waals surface area contributed by atoms with Gasteiger partial charge in [0.2, 0.25) is 0 Å². The number of carbonyl (C=O) groups excluding carboxylic acids is 1. The second-order valence-electron chi connectivity index (χ2n) is 7.60. The summed E-state index contributed by atoms with van der Waals surface area (Å²) in [6.07, 6.45) is 4.04. The third kappa shape index (κ3) is 3.13. The Morgan fingerprint density at radius 1 is 1.07 bits per heavy atom. The van der Waals surface area contributed by atoms with Crippen LogP contribution in [0.3, 0.4) is 0 Å². The lowest BCUT2D eigenvalue weighted by atomic mass is 9.98. The highest BCUT2D eigenvalue weighted by molar-refractivity contribution is 6.31. The van der Waals surface area contributed by atoms with Crippen LogP contribution in [0.1, 0.15) is 27.2 Å². The van der Waals surface area contributed by atoms with Gasteiger partial charge in [0.25, 0.3) is 5.91 Å². The molecular formula is C23H20ClN5O. The number of benzene rings is 2. The largest absolute Gasteiger partial charge is 0.332 e. The van der Waals surface area contributed by atoms with Crippen LogP contribution in [0.2, 0.25) is 5.02 Å². The van der Waals surface area contributed by atoms with Crippen molar-refractivity contribution in [3.8, 4) is 11.3 Å². The van der Waals surface area contributed by atoms with Crippen LogP contribution in [0.15, 0.2) is 48.8 Å². The monoisotopic (exact) mass is 417 g/mol. The van der Waals surface area contributed by atoms with Gasteiger partial charge < -0.3 is 4.90 Å². The van der Waals surface area contributed by atoms with Gasteiger partial charge in [0.15, 0.2) is 0 Å². The summed E-state index contributed by atoms with van der Waals surface area (Å²) in [6, 6.07) is 11.5. The first kappa shape index (κ1) is 18.8. The maximum Gasteiger partial charge on any atom is 0.254 e. The summed E-state index contributed by atoms with van der Waals surface area (Å²) in [7, 11) is 1.94. The second-order valence-corrected chi connectivity index (χ2v) is 8.01. The summed E-state index contributed by atoms with van der Waals surface area (Å²) in [5.41, 5.74) is 7.41. The molecule has 0 bridgehead atoms. The Morgan fingerprint density at radius 2 is 1.87 bits per heavy atom. The Morgan fingerprint density at radius 3 is 2.67 bits per heavy atom. The van der Waals surface area contributed by atoms with Crippen LogP contribution in [-0.2, 0) is 20.0 Å². The van der Waals surface area contributed by atoms with E-state index < -0.39 is 0 Å². The number of carbonyl (C=O) groups is 1. The Kier molecular flexibility index (Phi) is 4.51. The molecule has 30 heavy (non-hydrogen) atoms. The molecule has 0 fully saturated rings. The number of hydrogen-bond donors (Lipinski definition) is 0. The van der Waals surface area contributed by atoms with Crippen molar-refractivity contribution >= 4 is 28.5 Å². The lowest BCUT2D eigenvalue weighted by molar-refractivity contribution is 0.0732. The average Bonchev–Trinajstić information content (AvgIpc) is 3.09. The van der Waals surface area contributed by atoms with E-state index in [9.17, 15) is 4.79 Å². The third-order valence-corrected chi connectivity index (χ3v) is 6.06. The van der Waals surface area contributed by atoms with Gasteiger partial charge >= 0.3 is 0 Å². The van der Waals surface area contributed by atoms with Gasteiger partial charge in [0.05, 0.1) is 29.0 Å². The molecule has 0 atom stereocenters. The molecule has 0 unspecified atom stereocenters. The van der Waals surface area contributed by atoms with Gasteiger partial charge in [0.1, 0.15) is 0 Å². The van der Waals surface area contributed by atoms with Crippen molar-refractivity contribution in [1.29, 1.82) is 0 Å². The standard InChI is InChI=1S/C23H20ClN5O/c1-14-3-4-15(11-18(14)24)22-17-7-10-29(13-21(17)27-28(22)2)23(30)16-5-6-19-20(12-16)26-9-8-25-19/h3-6,8-9,11-12H,7,10,13H2,1-2H3. The average molecular weight is 418 g/mol. The Labute approximate surface area is 179 Å². The quantitative estimate of drug-likeness (QED) is 0.490. The lowest BCUT2D eigenvalue weighted by Crippen LogP contribution is -2.36. The molecule has 0 aliphatic carbocycles. The van der Waals surface area contributed by atoms with Crippen molar-refractivity contribution < 1.29 is 4.79 Å². The first-order valence-electron chi connectivity index (χ1n) is 9.82. The second kappa shape index (κ2) is 7.22. The van der Waals surface area contributed by atoms with E-state index in [4.69, 9.17) is 16.7 Å². The molecular weight excluding hydrogens is 398 g/mol. The number of nitrogens with zero attached hydrogens (tertiary/aromatic N) is 5. The highest BCUT2D eigenvalue weighted by Crippen LogP contribution is 2.32. The highest BCUT2D eigenvalue weighted by Gasteiger charge is 2.27. The molecule has 6 nitrogen and oxygen atoms in total. The lowest BCUT2D eigenvalue weighted by Gasteiger charge is -2.26. The van der Waals surface area contributed by atoms with Gasteiger partial charge in [-0.3, -0.25) is 19.4 Å². The van der Waals surface area contributed by atoms with Crippen LogP contribution < -0.4 is 0 Å². The number of halogens is 1. The van der Waals surface area contributed by atoms with Crippen molar-refractivity contribution in [2.24, 2.45) is 7.05 Å². The molecule has 5 rings (SSSR count). The Bertz CT molecular complexity index is 1300. The van der Waals surface area contributed by atoms with Crippen molar-refractivity contribution in [2.45, 2.75) is 19.9 Å². The van der Waals surface area contributed by atoms with Crippen molar-refractivity contribution in [3.05, 3.63) is 76.2 Å². The maximum absolute atomic E-state index is 13.1. The van der Waals surface area contributed by atoms with Crippen molar-refractivity contribution in [2.75, 3.05) is 6.54 Å². The molecule has 0 saturated carbocycles. The zero-order valence-corrected chi connectivity index (χ0v) is 17.5. The van der Waals surface area contributed by atoms with E-state index in [-0.39, 0.29) is 5.91 Å². The van der Waals surface area contributed by atoms with E-state index in [1.165, 1.54) is 5.56 Å². The summed E-state index contributed by atoms with van der Waals surface area (Å²) in [4.78, 5) is 23.5. The Balaban J connectivity index is 1.45. The van der Waals surface area contributed by atoms with Crippen molar-refractivity contribution in [3.63, 3.8) is 0 Å². The molecule has 0 radical (unpaired) electrons. The molecule has 2 aromatic heterocycles. The zero-order valence-electron chi connectivity index (χ0n) is 16.8. The normalized spacial score (nSPS) is 13.5. The van der Waals surface area contributed by atoms with Gasteiger partial charge in [-0.2, -0.15) is 5.10 Å². The fourth-order valence-corrected chi connectivity index (χ4v) is 4.25. The molecule has 0 spiro atoms. The van der Waals surface area contributed by atoms with Crippen LogP contribution in [0.5, 0.6) is 0 Å². The van der Waals surface area contributed by atoms with Gasteiger partial charge in [-0.25, -0.2) is 0 Å². The van der Waals surface area contributed by atoms with Gasteiger partial charge in [-0.1, -0.05) is 23.7 Å². The minimum atomic E-state index is -0.0150. The molecule has 7 heteroatoms. The molecule has 4 aromatic rings. The van der Waals surface area contributed by atoms with E-state index in [1.807, 2.05) is 47.8 Å². The first-order valence-corrected chi connectivity index (χ1v) is 10.2.